The third kappa shape index (κ3) is 5.79. The van der Waals surface area contributed by atoms with Crippen molar-refractivity contribution in [2.24, 2.45) is 0 Å². The summed E-state index contributed by atoms with van der Waals surface area (Å²) in [5.74, 6) is 0.0776. The first-order valence-corrected chi connectivity index (χ1v) is 7.47. The fraction of sp³-hybridized carbons (Fsp3) is 0.588. The quantitative estimate of drug-likeness (QED) is 0.624. The highest BCUT2D eigenvalue weighted by Crippen LogP contribution is 2.29. The van der Waals surface area contributed by atoms with Crippen LogP contribution in [0, 0.1) is 11.3 Å². The van der Waals surface area contributed by atoms with Crippen molar-refractivity contribution >= 4 is 0 Å². The number of benzene rings is 1. The molecule has 1 rings (SSSR count). The van der Waals surface area contributed by atoms with Gasteiger partial charge in [0, 0.05) is 5.56 Å². The van der Waals surface area contributed by atoms with Crippen molar-refractivity contribution < 1.29 is 5.11 Å². The van der Waals surface area contributed by atoms with Crippen LogP contribution in [0.3, 0.4) is 0 Å². The van der Waals surface area contributed by atoms with Gasteiger partial charge in [-0.3, -0.25) is 0 Å². The lowest BCUT2D eigenvalue weighted by Crippen LogP contribution is -1.96. The van der Waals surface area contributed by atoms with Gasteiger partial charge in [-0.25, -0.2) is 0 Å². The maximum atomic E-state index is 9.76. The van der Waals surface area contributed by atoms with Crippen molar-refractivity contribution in [3.63, 3.8) is 0 Å². The molecule has 0 aromatic heterocycles. The fourth-order valence-electron chi connectivity index (χ4n) is 2.38. The molecule has 0 heterocycles. The van der Waals surface area contributed by atoms with E-state index in [1.165, 1.54) is 38.5 Å². The van der Waals surface area contributed by atoms with Crippen LogP contribution in [0.2, 0.25) is 0 Å². The van der Waals surface area contributed by atoms with E-state index >= 15 is 0 Å². The maximum Gasteiger partial charge on any atom is 0.120 e. The Morgan fingerprint density at radius 1 is 1.05 bits per heavy atom. The molecule has 2 heteroatoms. The Bertz CT molecular complexity index is 394. The number of nitriles is 1. The zero-order chi connectivity index (χ0) is 13.9. The summed E-state index contributed by atoms with van der Waals surface area (Å²) in [6.07, 6.45) is 9.62. The van der Waals surface area contributed by atoms with E-state index in [0.29, 0.717) is 0 Å². The Morgan fingerprint density at radius 2 is 1.68 bits per heavy atom. The molecule has 0 saturated carbocycles. The van der Waals surface area contributed by atoms with Crippen LogP contribution in [0.4, 0.5) is 0 Å². The first-order chi connectivity index (χ1) is 9.29. The van der Waals surface area contributed by atoms with E-state index < -0.39 is 0 Å². The topological polar surface area (TPSA) is 44.0 Å². The molecule has 1 N–H and O–H groups in total. The van der Waals surface area contributed by atoms with Gasteiger partial charge in [-0.2, -0.15) is 5.26 Å². The molecule has 19 heavy (non-hydrogen) atoms. The third-order valence-electron chi connectivity index (χ3n) is 3.56. The second-order valence-corrected chi connectivity index (χ2v) is 5.15. The molecular formula is C17H25NO. The highest BCUT2D eigenvalue weighted by molar-refractivity contribution is 5.37. The van der Waals surface area contributed by atoms with Crippen LogP contribution in [0.5, 0.6) is 5.75 Å². The predicted molar refractivity (Wildman–Crippen MR) is 79.1 cm³/mol. The number of phenolic OH excluding ortho intramolecular Hbond substituents is 1. The highest BCUT2D eigenvalue weighted by atomic mass is 16.3. The number of para-hydroxylation sites is 1. The third-order valence-corrected chi connectivity index (χ3v) is 3.56. The van der Waals surface area contributed by atoms with Crippen molar-refractivity contribution in [1.82, 2.24) is 0 Å². The molecule has 1 atom stereocenters. The molecule has 0 aliphatic heterocycles. The summed E-state index contributed by atoms with van der Waals surface area (Å²) in [5, 5.41) is 19.0. The van der Waals surface area contributed by atoms with Gasteiger partial charge in [0.05, 0.1) is 12.0 Å². The molecule has 0 saturated heterocycles. The molecule has 0 spiro atoms. The molecule has 0 bridgehead atoms. The number of hydrogen-bond acceptors (Lipinski definition) is 2. The number of aromatic hydroxyl groups is 1. The summed E-state index contributed by atoms with van der Waals surface area (Å²) in [6, 6.07) is 9.49. The zero-order valence-electron chi connectivity index (χ0n) is 11.9. The Hall–Kier alpha value is -1.49. The number of nitrogens with zero attached hydrogens (tertiary/aromatic N) is 1. The molecule has 0 aliphatic carbocycles. The van der Waals surface area contributed by atoms with Crippen molar-refractivity contribution in [1.29, 1.82) is 5.26 Å². The van der Waals surface area contributed by atoms with Crippen molar-refractivity contribution in [3.8, 4) is 11.8 Å². The van der Waals surface area contributed by atoms with Crippen molar-refractivity contribution in [2.45, 2.75) is 64.2 Å². The maximum absolute atomic E-state index is 9.76. The molecular weight excluding hydrogens is 234 g/mol. The fourth-order valence-corrected chi connectivity index (χ4v) is 2.38. The summed E-state index contributed by atoms with van der Waals surface area (Å²) in [6.45, 7) is 2.23. The standard InChI is InChI=1S/C17H25NO/c1-2-3-4-5-6-7-8-11-15(14-18)16-12-9-10-13-17(16)19/h9-10,12-13,15,19H,2-8,11H2,1H3. The van der Waals surface area contributed by atoms with Crippen LogP contribution in [0.1, 0.15) is 69.8 Å². The van der Waals surface area contributed by atoms with Crippen LogP contribution in [-0.2, 0) is 0 Å². The Morgan fingerprint density at radius 3 is 2.32 bits per heavy atom. The van der Waals surface area contributed by atoms with E-state index in [1.807, 2.05) is 12.1 Å². The lowest BCUT2D eigenvalue weighted by Gasteiger charge is -2.10. The van der Waals surface area contributed by atoms with Gasteiger partial charge in [-0.05, 0) is 12.5 Å². The van der Waals surface area contributed by atoms with Crippen molar-refractivity contribution in [3.05, 3.63) is 29.8 Å². The Balaban J connectivity index is 2.27. The first-order valence-electron chi connectivity index (χ1n) is 7.47. The average molecular weight is 259 g/mol. The molecule has 0 aliphatic rings. The van der Waals surface area contributed by atoms with E-state index in [-0.39, 0.29) is 11.7 Å². The molecule has 1 aromatic rings. The monoisotopic (exact) mass is 259 g/mol. The van der Waals surface area contributed by atoms with Crippen LogP contribution < -0.4 is 0 Å². The number of unbranched alkanes of at least 4 members (excludes halogenated alkanes) is 6. The van der Waals surface area contributed by atoms with Gasteiger partial charge in [0.1, 0.15) is 5.75 Å². The SMILES string of the molecule is CCCCCCCCCC(C#N)c1ccccc1O. The lowest BCUT2D eigenvalue weighted by atomic mass is 9.93. The van der Waals surface area contributed by atoms with Crippen LogP contribution >= 0.6 is 0 Å². The van der Waals surface area contributed by atoms with Gasteiger partial charge in [0.2, 0.25) is 0 Å². The van der Waals surface area contributed by atoms with Gasteiger partial charge in [0.15, 0.2) is 0 Å². The largest absolute Gasteiger partial charge is 0.508 e. The number of hydrogen-bond donors (Lipinski definition) is 1. The molecule has 0 amide bonds. The highest BCUT2D eigenvalue weighted by Gasteiger charge is 2.13. The first kappa shape index (κ1) is 15.6. The van der Waals surface area contributed by atoms with Gasteiger partial charge >= 0.3 is 0 Å². The normalized spacial score (nSPS) is 12.0. The zero-order valence-corrected chi connectivity index (χ0v) is 11.9. The summed E-state index contributed by atoms with van der Waals surface area (Å²) in [5.41, 5.74) is 0.774. The Kier molecular flexibility index (Phi) is 7.74. The summed E-state index contributed by atoms with van der Waals surface area (Å²) in [7, 11) is 0. The van der Waals surface area contributed by atoms with Crippen LogP contribution in [0.25, 0.3) is 0 Å². The minimum atomic E-state index is -0.170. The lowest BCUT2D eigenvalue weighted by molar-refractivity contribution is 0.462. The number of rotatable bonds is 9. The molecule has 1 unspecified atom stereocenters. The summed E-state index contributed by atoms with van der Waals surface area (Å²) >= 11 is 0. The van der Waals surface area contributed by atoms with E-state index in [0.717, 1.165) is 18.4 Å². The van der Waals surface area contributed by atoms with Gasteiger partial charge in [-0.15, -0.1) is 0 Å². The van der Waals surface area contributed by atoms with E-state index in [4.69, 9.17) is 0 Å². The molecule has 104 valence electrons. The van der Waals surface area contributed by atoms with E-state index in [2.05, 4.69) is 13.0 Å². The van der Waals surface area contributed by atoms with Gasteiger partial charge < -0.3 is 5.11 Å². The number of phenols is 1. The molecule has 1 aromatic carbocycles. The summed E-state index contributed by atoms with van der Waals surface area (Å²) < 4.78 is 0. The van der Waals surface area contributed by atoms with Crippen LogP contribution in [-0.4, -0.2) is 5.11 Å². The minimum absolute atomic E-state index is 0.170. The smallest absolute Gasteiger partial charge is 0.120 e. The van der Waals surface area contributed by atoms with Gasteiger partial charge in [-0.1, -0.05) is 70.1 Å². The molecule has 0 fully saturated rings. The molecule has 0 radical (unpaired) electrons. The van der Waals surface area contributed by atoms with E-state index in [1.54, 1.807) is 12.1 Å². The van der Waals surface area contributed by atoms with Crippen molar-refractivity contribution in [2.75, 3.05) is 0 Å². The van der Waals surface area contributed by atoms with Gasteiger partial charge in [0.25, 0.3) is 0 Å². The summed E-state index contributed by atoms with van der Waals surface area (Å²) in [4.78, 5) is 0. The van der Waals surface area contributed by atoms with E-state index in [9.17, 15) is 10.4 Å². The minimum Gasteiger partial charge on any atom is -0.508 e. The molecule has 2 nitrogen and oxygen atoms in total. The second kappa shape index (κ2) is 9.44. The van der Waals surface area contributed by atoms with Crippen LogP contribution in [0.15, 0.2) is 24.3 Å². The predicted octanol–water partition coefficient (Wildman–Crippen LogP) is 5.14. The Labute approximate surface area is 117 Å². The average Bonchev–Trinajstić information content (AvgIpc) is 2.43. The second-order valence-electron chi connectivity index (χ2n) is 5.15.